The van der Waals surface area contributed by atoms with E-state index in [1.807, 2.05) is 0 Å². The Labute approximate surface area is 177 Å². The molecule has 0 aliphatic carbocycles. The molecule has 1 N–H and O–H groups in total. The molecule has 0 spiro atoms. The summed E-state index contributed by atoms with van der Waals surface area (Å²) in [7, 11) is 0. The number of thiophene rings is 1. The molecule has 0 aliphatic rings. The summed E-state index contributed by atoms with van der Waals surface area (Å²) >= 11 is 4.03. The second kappa shape index (κ2) is 7.20. The molecule has 2 aromatic carbocycles. The molecule has 0 amide bonds. The first-order valence-electron chi connectivity index (χ1n) is 8.78. The van der Waals surface area contributed by atoms with Crippen molar-refractivity contribution in [3.05, 3.63) is 70.1 Å². The Morgan fingerprint density at radius 3 is 2.30 bits per heavy atom. The predicted molar refractivity (Wildman–Crippen MR) is 124 cm³/mol. The lowest BCUT2D eigenvalue weighted by Crippen LogP contribution is -2.10. The highest BCUT2D eigenvalue weighted by Gasteiger charge is 2.14. The maximum absolute atomic E-state index is 4.46. The van der Waals surface area contributed by atoms with Crippen molar-refractivity contribution in [3.63, 3.8) is 0 Å². The molecule has 0 bridgehead atoms. The van der Waals surface area contributed by atoms with E-state index in [0.29, 0.717) is 0 Å². The fourth-order valence-corrected chi connectivity index (χ4v) is 4.31. The van der Waals surface area contributed by atoms with Crippen LogP contribution in [-0.4, -0.2) is 9.97 Å². The van der Waals surface area contributed by atoms with E-state index in [1.54, 1.807) is 17.7 Å². The van der Waals surface area contributed by atoms with Gasteiger partial charge in [-0.2, -0.15) is 0 Å². The van der Waals surface area contributed by atoms with Crippen molar-refractivity contribution in [1.29, 1.82) is 0 Å². The molecule has 5 heteroatoms. The van der Waals surface area contributed by atoms with Gasteiger partial charge in [0.25, 0.3) is 0 Å². The van der Waals surface area contributed by atoms with Crippen LogP contribution in [0.4, 0.5) is 11.5 Å². The summed E-state index contributed by atoms with van der Waals surface area (Å²) in [6.45, 7) is 6.71. The zero-order valence-corrected chi connectivity index (χ0v) is 18.4. The van der Waals surface area contributed by atoms with Gasteiger partial charge in [-0.15, -0.1) is 11.3 Å². The lowest BCUT2D eigenvalue weighted by molar-refractivity contribution is 0.590. The average molecular weight is 485 g/mol. The number of nitrogens with zero attached hydrogens (tertiary/aromatic N) is 2. The Morgan fingerprint density at radius 2 is 1.63 bits per heavy atom. The second-order valence-electron chi connectivity index (χ2n) is 7.51. The van der Waals surface area contributed by atoms with Gasteiger partial charge < -0.3 is 5.32 Å². The van der Waals surface area contributed by atoms with Gasteiger partial charge in [0.1, 0.15) is 6.33 Å². The monoisotopic (exact) mass is 485 g/mol. The van der Waals surface area contributed by atoms with Crippen molar-refractivity contribution in [1.82, 2.24) is 9.97 Å². The summed E-state index contributed by atoms with van der Waals surface area (Å²) in [5.41, 5.74) is 4.71. The molecule has 0 aliphatic heterocycles. The molecule has 3 nitrogen and oxygen atoms in total. The minimum Gasteiger partial charge on any atom is -0.339 e. The van der Waals surface area contributed by atoms with E-state index in [2.05, 4.69) is 113 Å². The molecule has 4 aromatic rings. The zero-order chi connectivity index (χ0) is 19.0. The van der Waals surface area contributed by atoms with Crippen LogP contribution in [0.15, 0.2) is 60.9 Å². The molecular weight excluding hydrogens is 465 g/mol. The molecule has 4 rings (SSSR count). The van der Waals surface area contributed by atoms with Crippen LogP contribution >= 0.6 is 33.9 Å². The maximum Gasteiger partial charge on any atom is 0.151 e. The van der Waals surface area contributed by atoms with Gasteiger partial charge in [-0.3, -0.25) is 0 Å². The van der Waals surface area contributed by atoms with Gasteiger partial charge in [0.15, 0.2) is 5.82 Å². The first kappa shape index (κ1) is 18.4. The average Bonchev–Trinajstić information content (AvgIpc) is 3.08. The number of benzene rings is 2. The lowest BCUT2D eigenvalue weighted by atomic mass is 9.86. The van der Waals surface area contributed by atoms with Crippen molar-refractivity contribution in [2.45, 2.75) is 26.2 Å². The Balaban J connectivity index is 1.69. The third kappa shape index (κ3) is 3.99. The van der Waals surface area contributed by atoms with Gasteiger partial charge in [0, 0.05) is 14.1 Å². The molecule has 2 heterocycles. The molecule has 0 atom stereocenters. The summed E-state index contributed by atoms with van der Waals surface area (Å²) in [6.07, 6.45) is 1.62. The Hall–Kier alpha value is -1.99. The summed E-state index contributed by atoms with van der Waals surface area (Å²) in [5, 5.41) is 3.42. The van der Waals surface area contributed by atoms with E-state index in [9.17, 15) is 0 Å². The van der Waals surface area contributed by atoms with Crippen LogP contribution in [0.1, 0.15) is 26.3 Å². The highest BCUT2D eigenvalue weighted by Crippen LogP contribution is 2.37. The maximum atomic E-state index is 4.46. The topological polar surface area (TPSA) is 37.8 Å². The van der Waals surface area contributed by atoms with E-state index in [1.165, 1.54) is 19.6 Å². The van der Waals surface area contributed by atoms with Crippen LogP contribution in [-0.2, 0) is 5.41 Å². The summed E-state index contributed by atoms with van der Waals surface area (Å²) in [4.78, 5) is 10.1. The Morgan fingerprint density at radius 1 is 0.926 bits per heavy atom. The molecule has 27 heavy (non-hydrogen) atoms. The number of halogens is 1. The van der Waals surface area contributed by atoms with Crippen molar-refractivity contribution in [3.8, 4) is 10.4 Å². The number of anilines is 2. The van der Waals surface area contributed by atoms with Crippen molar-refractivity contribution >= 4 is 55.6 Å². The minimum absolute atomic E-state index is 0.161. The fourth-order valence-electron chi connectivity index (χ4n) is 2.89. The smallest absolute Gasteiger partial charge is 0.151 e. The molecule has 0 radical (unpaired) electrons. The van der Waals surface area contributed by atoms with Gasteiger partial charge in [0.05, 0.1) is 10.2 Å². The molecule has 136 valence electrons. The van der Waals surface area contributed by atoms with Gasteiger partial charge in [-0.05, 0) is 69.5 Å². The third-order valence-electron chi connectivity index (χ3n) is 4.45. The van der Waals surface area contributed by atoms with Crippen LogP contribution < -0.4 is 5.32 Å². The van der Waals surface area contributed by atoms with Crippen molar-refractivity contribution in [2.75, 3.05) is 5.32 Å². The normalized spacial score (nSPS) is 11.7. The van der Waals surface area contributed by atoms with Gasteiger partial charge in [-0.25, -0.2) is 9.97 Å². The third-order valence-corrected chi connectivity index (χ3v) is 6.35. The molecule has 0 unspecified atom stereocenters. The van der Waals surface area contributed by atoms with Crippen molar-refractivity contribution in [2.24, 2.45) is 0 Å². The molecule has 0 saturated heterocycles. The first-order valence-corrected chi connectivity index (χ1v) is 10.7. The van der Waals surface area contributed by atoms with E-state index in [4.69, 9.17) is 0 Å². The number of rotatable bonds is 3. The van der Waals surface area contributed by atoms with Crippen LogP contribution in [0.2, 0.25) is 0 Å². The summed E-state index contributed by atoms with van der Waals surface area (Å²) in [6, 6.07) is 19.3. The van der Waals surface area contributed by atoms with Crippen LogP contribution in [0, 0.1) is 3.57 Å². The molecule has 0 saturated carbocycles. The number of aromatic nitrogens is 2. The summed E-state index contributed by atoms with van der Waals surface area (Å²) in [5.74, 6) is 0.851. The fraction of sp³-hybridized carbons (Fsp3) is 0.182. The quantitative estimate of drug-likeness (QED) is 0.318. The van der Waals surface area contributed by atoms with Gasteiger partial charge >= 0.3 is 0 Å². The van der Waals surface area contributed by atoms with E-state index in [-0.39, 0.29) is 5.41 Å². The SMILES string of the molecule is CC(C)(C)c1ccc(-c2cc3ncnc(Nc4ccc(I)cc4)c3s2)cc1. The number of hydrogen-bond donors (Lipinski definition) is 1. The van der Waals surface area contributed by atoms with Gasteiger partial charge in [0.2, 0.25) is 0 Å². The van der Waals surface area contributed by atoms with E-state index in [0.717, 1.165) is 21.7 Å². The standard InChI is InChI=1S/C22H20IN3S/c1-22(2,3)15-6-4-14(5-7-15)19-12-18-20(27-19)21(25-13-24-18)26-17-10-8-16(23)9-11-17/h4-13H,1-3H3,(H,24,25,26). The van der Waals surface area contributed by atoms with Crippen LogP contribution in [0.3, 0.4) is 0 Å². The number of fused-ring (bicyclic) bond motifs is 1. The largest absolute Gasteiger partial charge is 0.339 e. The molecular formula is C22H20IN3S. The minimum atomic E-state index is 0.161. The Bertz CT molecular complexity index is 1080. The predicted octanol–water partition coefficient (Wildman–Crippen LogP) is 7.00. The van der Waals surface area contributed by atoms with E-state index < -0.39 is 0 Å². The lowest BCUT2D eigenvalue weighted by Gasteiger charge is -2.18. The highest BCUT2D eigenvalue weighted by atomic mass is 127. The highest BCUT2D eigenvalue weighted by molar-refractivity contribution is 14.1. The van der Waals surface area contributed by atoms with Crippen molar-refractivity contribution < 1.29 is 0 Å². The Kier molecular flexibility index (Phi) is 4.90. The van der Waals surface area contributed by atoms with Crippen LogP contribution in [0.5, 0.6) is 0 Å². The van der Waals surface area contributed by atoms with Gasteiger partial charge in [-0.1, -0.05) is 45.0 Å². The zero-order valence-electron chi connectivity index (χ0n) is 15.5. The van der Waals surface area contributed by atoms with E-state index >= 15 is 0 Å². The molecule has 2 aromatic heterocycles. The number of nitrogens with one attached hydrogen (secondary N) is 1. The number of hydrogen-bond acceptors (Lipinski definition) is 4. The second-order valence-corrected chi connectivity index (χ2v) is 9.80. The first-order chi connectivity index (χ1) is 12.9. The van der Waals surface area contributed by atoms with Crippen LogP contribution in [0.25, 0.3) is 20.7 Å². The molecule has 0 fully saturated rings. The summed E-state index contributed by atoms with van der Waals surface area (Å²) < 4.78 is 2.29.